The number of ether oxygens (including phenoxy) is 1. The maximum Gasteiger partial charge on any atom is 0.274 e. The minimum atomic E-state index is -0.813. The predicted octanol–water partition coefficient (Wildman–Crippen LogP) is 5.63. The van der Waals surface area contributed by atoms with E-state index in [0.29, 0.717) is 6.42 Å². The topological polar surface area (TPSA) is 83.9 Å². The Morgan fingerprint density at radius 1 is 0.857 bits per heavy atom. The second kappa shape index (κ2) is 15.1. The van der Waals surface area contributed by atoms with E-state index in [2.05, 4.69) is 5.32 Å². The number of pyridine rings is 1. The van der Waals surface area contributed by atoms with Crippen molar-refractivity contribution in [3.05, 3.63) is 176 Å². The molecule has 250 valence electrons. The summed E-state index contributed by atoms with van der Waals surface area (Å²) < 4.78 is 35.0. The Morgan fingerprint density at radius 3 is 2.10 bits per heavy atom. The minimum absolute atomic E-state index is 0.0657. The number of hydrogen-bond donors (Lipinski definition) is 1. The van der Waals surface area contributed by atoms with Crippen molar-refractivity contribution in [3.8, 4) is 0 Å². The molecule has 0 radical (unpaired) electrons. The lowest BCUT2D eigenvalue weighted by atomic mass is 9.96. The van der Waals surface area contributed by atoms with Crippen LogP contribution in [0.15, 0.2) is 120 Å². The molecule has 0 fully saturated rings. The van der Waals surface area contributed by atoms with Gasteiger partial charge in [0.15, 0.2) is 5.43 Å². The maximum atomic E-state index is 14.4. The molecule has 0 aliphatic carbocycles. The van der Waals surface area contributed by atoms with Crippen LogP contribution >= 0.6 is 0 Å². The van der Waals surface area contributed by atoms with Gasteiger partial charge < -0.3 is 15.0 Å². The zero-order chi connectivity index (χ0) is 34.3. The number of amides is 2. The molecule has 0 saturated heterocycles. The fourth-order valence-corrected chi connectivity index (χ4v) is 6.17. The fraction of sp³-hybridized carbons (Fsp3) is 0.205. The standard InChI is InChI=1S/C39H36F2N4O4/c1-49-22-21-43-26-45(35(28-13-7-3-8-14-28)29-15-9-4-10-16-29)44-25-33(38(47)42-24-30-18-19-31(40)23-34(30)41)37(46)32(36(44)39(43)48)20-17-27-11-5-2-6-12-27/h2-16,18-19,23,25,35H,17,20-22,24,26H2,1H3,(H,42,47). The summed E-state index contributed by atoms with van der Waals surface area (Å²) in [5, 5.41) is 4.61. The van der Waals surface area contributed by atoms with Gasteiger partial charge in [0.25, 0.3) is 11.8 Å². The molecule has 2 heterocycles. The van der Waals surface area contributed by atoms with Crippen LogP contribution in [-0.4, -0.2) is 48.3 Å². The Kier molecular flexibility index (Phi) is 10.2. The molecule has 0 unspecified atom stereocenters. The average molecular weight is 663 g/mol. The first-order valence-electron chi connectivity index (χ1n) is 16.0. The number of aryl methyl sites for hydroxylation is 1. The van der Waals surface area contributed by atoms with Crippen molar-refractivity contribution in [2.45, 2.75) is 25.4 Å². The number of carbonyl (C=O) groups excluding carboxylic acids is 2. The Bertz CT molecular complexity index is 1950. The number of carbonyl (C=O) groups is 2. The van der Waals surface area contributed by atoms with Crippen molar-refractivity contribution in [2.24, 2.45) is 0 Å². The summed E-state index contributed by atoms with van der Waals surface area (Å²) in [5.74, 6) is -2.64. The van der Waals surface area contributed by atoms with Gasteiger partial charge in [0.05, 0.1) is 12.6 Å². The summed E-state index contributed by atoms with van der Waals surface area (Å²) in [6.07, 6.45) is 2.04. The van der Waals surface area contributed by atoms with Crippen molar-refractivity contribution >= 4 is 11.8 Å². The van der Waals surface area contributed by atoms with E-state index in [0.717, 1.165) is 28.8 Å². The third kappa shape index (κ3) is 7.29. The number of nitrogens with zero attached hydrogens (tertiary/aromatic N) is 3. The number of nitrogens with one attached hydrogen (secondary N) is 1. The van der Waals surface area contributed by atoms with Gasteiger partial charge >= 0.3 is 0 Å². The molecule has 1 aliphatic rings. The van der Waals surface area contributed by atoms with Crippen LogP contribution in [0.2, 0.25) is 0 Å². The van der Waals surface area contributed by atoms with E-state index in [1.54, 1.807) is 16.7 Å². The number of methoxy groups -OCH3 is 1. The Hall–Kier alpha value is -5.61. The third-order valence-corrected chi connectivity index (χ3v) is 8.67. The molecular formula is C39H36F2N4O4. The van der Waals surface area contributed by atoms with Crippen LogP contribution in [0.4, 0.5) is 8.78 Å². The van der Waals surface area contributed by atoms with Crippen LogP contribution in [0.5, 0.6) is 0 Å². The van der Waals surface area contributed by atoms with Crippen molar-refractivity contribution in [3.63, 3.8) is 0 Å². The van der Waals surface area contributed by atoms with Gasteiger partial charge in [-0.05, 0) is 35.6 Å². The van der Waals surface area contributed by atoms with Crippen LogP contribution in [-0.2, 0) is 24.1 Å². The van der Waals surface area contributed by atoms with Crippen LogP contribution in [0.25, 0.3) is 0 Å². The molecular weight excluding hydrogens is 626 g/mol. The van der Waals surface area contributed by atoms with E-state index in [9.17, 15) is 23.2 Å². The van der Waals surface area contributed by atoms with Gasteiger partial charge in [0.1, 0.15) is 29.6 Å². The molecule has 0 bridgehead atoms. The van der Waals surface area contributed by atoms with E-state index in [1.807, 2.05) is 96.0 Å². The third-order valence-electron chi connectivity index (χ3n) is 8.67. The predicted molar refractivity (Wildman–Crippen MR) is 183 cm³/mol. The highest BCUT2D eigenvalue weighted by molar-refractivity contribution is 5.98. The summed E-state index contributed by atoms with van der Waals surface area (Å²) in [4.78, 5) is 44.0. The Balaban J connectivity index is 1.51. The first-order chi connectivity index (χ1) is 23.9. The van der Waals surface area contributed by atoms with E-state index in [4.69, 9.17) is 4.74 Å². The molecule has 10 heteroatoms. The summed E-state index contributed by atoms with van der Waals surface area (Å²) in [5.41, 5.74) is 2.48. The molecule has 2 amide bonds. The zero-order valence-corrected chi connectivity index (χ0v) is 27.0. The first-order valence-corrected chi connectivity index (χ1v) is 16.0. The Morgan fingerprint density at radius 2 is 1.49 bits per heavy atom. The molecule has 4 aromatic carbocycles. The Labute approximate surface area is 283 Å². The van der Waals surface area contributed by atoms with Crippen molar-refractivity contribution in [2.75, 3.05) is 31.9 Å². The van der Waals surface area contributed by atoms with Crippen LogP contribution < -0.4 is 15.8 Å². The summed E-state index contributed by atoms with van der Waals surface area (Å²) in [6.45, 7) is 0.424. The highest BCUT2D eigenvalue weighted by atomic mass is 19.1. The van der Waals surface area contributed by atoms with Gasteiger partial charge in [-0.1, -0.05) is 97.1 Å². The number of fused-ring (bicyclic) bond motifs is 1. The van der Waals surface area contributed by atoms with Gasteiger partial charge in [-0.2, -0.15) is 0 Å². The second-order valence-corrected chi connectivity index (χ2v) is 11.8. The first kappa shape index (κ1) is 33.3. The van der Waals surface area contributed by atoms with Gasteiger partial charge in [-0.25, -0.2) is 8.78 Å². The molecule has 5 aromatic rings. The van der Waals surface area contributed by atoms with Crippen LogP contribution in [0.3, 0.4) is 0 Å². The van der Waals surface area contributed by atoms with E-state index in [-0.39, 0.29) is 61.1 Å². The van der Waals surface area contributed by atoms with E-state index < -0.39 is 29.0 Å². The smallest absolute Gasteiger partial charge is 0.274 e. The van der Waals surface area contributed by atoms with Gasteiger partial charge in [-0.3, -0.25) is 24.1 Å². The second-order valence-electron chi connectivity index (χ2n) is 11.8. The number of halogens is 2. The summed E-state index contributed by atoms with van der Waals surface area (Å²) in [6, 6.07) is 31.8. The van der Waals surface area contributed by atoms with E-state index in [1.165, 1.54) is 12.3 Å². The van der Waals surface area contributed by atoms with E-state index >= 15 is 0 Å². The largest absolute Gasteiger partial charge is 0.383 e. The highest BCUT2D eigenvalue weighted by Crippen LogP contribution is 2.31. The van der Waals surface area contributed by atoms with Gasteiger partial charge in [0, 0.05) is 43.6 Å². The van der Waals surface area contributed by atoms with Crippen molar-refractivity contribution in [1.82, 2.24) is 14.9 Å². The molecule has 6 rings (SSSR count). The number of rotatable bonds is 12. The molecule has 1 N–H and O–H groups in total. The normalized spacial score (nSPS) is 12.7. The zero-order valence-electron chi connectivity index (χ0n) is 27.0. The molecule has 49 heavy (non-hydrogen) atoms. The maximum absolute atomic E-state index is 14.4. The monoisotopic (exact) mass is 662 g/mol. The lowest BCUT2D eigenvalue weighted by Gasteiger charge is -2.44. The molecule has 1 aromatic heterocycles. The number of hydrogen-bond acceptors (Lipinski definition) is 5. The SMILES string of the molecule is COCCN1CN(C(c2ccccc2)c2ccccc2)n2cc(C(=O)NCc3ccc(F)cc3F)c(=O)c(CCc3ccccc3)c2C1=O. The van der Waals surface area contributed by atoms with Crippen LogP contribution in [0, 0.1) is 11.6 Å². The summed E-state index contributed by atoms with van der Waals surface area (Å²) in [7, 11) is 1.56. The number of benzene rings is 4. The quantitative estimate of drug-likeness (QED) is 0.187. The summed E-state index contributed by atoms with van der Waals surface area (Å²) >= 11 is 0. The van der Waals surface area contributed by atoms with Crippen molar-refractivity contribution < 1.29 is 23.1 Å². The van der Waals surface area contributed by atoms with Gasteiger partial charge in [0.2, 0.25) is 0 Å². The van der Waals surface area contributed by atoms with Gasteiger partial charge in [-0.15, -0.1) is 0 Å². The molecule has 1 aliphatic heterocycles. The fourth-order valence-electron chi connectivity index (χ4n) is 6.17. The van der Waals surface area contributed by atoms with Crippen molar-refractivity contribution in [1.29, 1.82) is 0 Å². The molecule has 0 atom stereocenters. The molecule has 0 spiro atoms. The lowest BCUT2D eigenvalue weighted by molar-refractivity contribution is 0.0616. The minimum Gasteiger partial charge on any atom is -0.383 e. The average Bonchev–Trinajstić information content (AvgIpc) is 3.12. The number of aromatic nitrogens is 1. The molecule has 0 saturated carbocycles. The highest BCUT2D eigenvalue weighted by Gasteiger charge is 2.37. The van der Waals surface area contributed by atoms with Crippen LogP contribution in [0.1, 0.15) is 54.7 Å². The molecule has 8 nitrogen and oxygen atoms in total. The lowest BCUT2D eigenvalue weighted by Crippen LogP contribution is -2.57.